The lowest BCUT2D eigenvalue weighted by atomic mass is 10.1. The van der Waals surface area contributed by atoms with Gasteiger partial charge in [-0.1, -0.05) is 23.8 Å². The molecule has 0 saturated carbocycles. The molecule has 0 aliphatic rings. The third-order valence-corrected chi connectivity index (χ3v) is 4.33. The van der Waals surface area contributed by atoms with Crippen LogP contribution in [0.2, 0.25) is 0 Å². The van der Waals surface area contributed by atoms with Crippen LogP contribution >= 0.6 is 0 Å². The van der Waals surface area contributed by atoms with Gasteiger partial charge in [-0.2, -0.15) is 0 Å². The summed E-state index contributed by atoms with van der Waals surface area (Å²) in [4.78, 5) is 46.9. The molecule has 31 heavy (non-hydrogen) atoms. The maximum Gasteiger partial charge on any atom is 0.269 e. The van der Waals surface area contributed by atoms with Crippen LogP contribution in [0, 0.1) is 17.0 Å². The van der Waals surface area contributed by atoms with E-state index in [1.54, 1.807) is 36.4 Å². The molecule has 0 aliphatic carbocycles. The van der Waals surface area contributed by atoms with Crippen LogP contribution in [0.15, 0.2) is 72.8 Å². The summed E-state index contributed by atoms with van der Waals surface area (Å²) in [5.74, 6) is -1.51. The van der Waals surface area contributed by atoms with E-state index >= 15 is 0 Å². The highest BCUT2D eigenvalue weighted by molar-refractivity contribution is 6.05. The summed E-state index contributed by atoms with van der Waals surface area (Å²) in [6, 6.07) is 18.1. The molecule has 0 bridgehead atoms. The lowest BCUT2D eigenvalue weighted by Gasteiger charge is -2.10. The minimum atomic E-state index is -0.563. The number of amides is 3. The van der Waals surface area contributed by atoms with Gasteiger partial charge in [0.2, 0.25) is 0 Å². The van der Waals surface area contributed by atoms with Gasteiger partial charge in [0.15, 0.2) is 0 Å². The van der Waals surface area contributed by atoms with Crippen molar-refractivity contribution in [3.8, 4) is 0 Å². The monoisotopic (exact) mass is 418 g/mol. The zero-order chi connectivity index (χ0) is 22.4. The number of nitrogens with one attached hydrogen (secondary N) is 3. The minimum absolute atomic E-state index is 0.122. The van der Waals surface area contributed by atoms with Crippen molar-refractivity contribution in [2.24, 2.45) is 0 Å². The van der Waals surface area contributed by atoms with Crippen molar-refractivity contribution >= 4 is 29.1 Å². The molecule has 156 valence electrons. The molecular formula is C22H18N4O5. The highest BCUT2D eigenvalue weighted by Crippen LogP contribution is 2.15. The second-order valence-corrected chi connectivity index (χ2v) is 6.61. The van der Waals surface area contributed by atoms with Crippen LogP contribution in [-0.2, 0) is 0 Å². The fraction of sp³-hybridized carbons (Fsp3) is 0.0455. The topological polar surface area (TPSA) is 130 Å². The summed E-state index contributed by atoms with van der Waals surface area (Å²) in [5, 5.41) is 13.3. The van der Waals surface area contributed by atoms with Crippen LogP contribution in [0.3, 0.4) is 0 Å². The Balaban J connectivity index is 1.61. The number of carbonyl (C=O) groups excluding carboxylic acids is 3. The molecule has 0 heterocycles. The molecule has 9 nitrogen and oxygen atoms in total. The Morgan fingerprint density at radius 3 is 1.90 bits per heavy atom. The number of nitro benzene ring substituents is 1. The predicted octanol–water partition coefficient (Wildman–Crippen LogP) is 3.23. The van der Waals surface area contributed by atoms with Crippen LogP contribution in [0.25, 0.3) is 0 Å². The van der Waals surface area contributed by atoms with Crippen molar-refractivity contribution in [3.63, 3.8) is 0 Å². The average Bonchev–Trinajstić information content (AvgIpc) is 2.78. The SMILES string of the molecule is Cc1ccc(C(=O)NNC(=O)c2cccc(NC(=O)c3ccc([N+](=O)[O-])cc3)c2)cc1. The van der Waals surface area contributed by atoms with Crippen LogP contribution < -0.4 is 16.2 Å². The molecule has 0 aromatic heterocycles. The number of non-ortho nitro benzene ring substituents is 1. The summed E-state index contributed by atoms with van der Waals surface area (Å²) < 4.78 is 0. The molecule has 3 rings (SSSR count). The first-order valence-corrected chi connectivity index (χ1v) is 9.17. The number of nitrogens with zero attached hydrogens (tertiary/aromatic N) is 1. The summed E-state index contributed by atoms with van der Waals surface area (Å²) >= 11 is 0. The van der Waals surface area contributed by atoms with Crippen LogP contribution in [0.1, 0.15) is 36.6 Å². The number of hydrazine groups is 1. The van der Waals surface area contributed by atoms with Gasteiger partial charge in [0.05, 0.1) is 4.92 Å². The molecule has 0 saturated heterocycles. The first kappa shape index (κ1) is 21.2. The standard InChI is InChI=1S/C22H18N4O5/c1-14-5-7-16(8-6-14)21(28)24-25-22(29)17-3-2-4-18(13-17)23-20(27)15-9-11-19(12-10-15)26(30)31/h2-13H,1H3,(H,23,27)(H,24,28)(H,25,29). The van der Waals surface area contributed by atoms with Crippen LogP contribution in [0.5, 0.6) is 0 Å². The molecule has 3 amide bonds. The normalized spacial score (nSPS) is 10.1. The van der Waals surface area contributed by atoms with E-state index < -0.39 is 22.6 Å². The molecule has 9 heteroatoms. The highest BCUT2D eigenvalue weighted by Gasteiger charge is 2.12. The summed E-state index contributed by atoms with van der Waals surface area (Å²) in [6.07, 6.45) is 0. The summed E-state index contributed by atoms with van der Waals surface area (Å²) in [5.41, 5.74) is 6.73. The number of rotatable bonds is 5. The number of carbonyl (C=O) groups is 3. The highest BCUT2D eigenvalue weighted by atomic mass is 16.6. The Labute approximate surface area is 177 Å². The van der Waals surface area contributed by atoms with Gasteiger partial charge in [-0.15, -0.1) is 0 Å². The third-order valence-electron chi connectivity index (χ3n) is 4.33. The summed E-state index contributed by atoms with van der Waals surface area (Å²) in [7, 11) is 0. The van der Waals surface area contributed by atoms with E-state index in [9.17, 15) is 24.5 Å². The van der Waals surface area contributed by atoms with Crippen molar-refractivity contribution in [3.05, 3.63) is 105 Å². The van der Waals surface area contributed by atoms with E-state index in [0.717, 1.165) is 5.56 Å². The Kier molecular flexibility index (Phi) is 6.36. The molecular weight excluding hydrogens is 400 g/mol. The molecule has 0 aliphatic heterocycles. The number of hydrogen-bond donors (Lipinski definition) is 3. The number of benzene rings is 3. The summed E-state index contributed by atoms with van der Waals surface area (Å²) in [6.45, 7) is 1.90. The van der Waals surface area contributed by atoms with Gasteiger partial charge in [-0.3, -0.25) is 35.3 Å². The van der Waals surface area contributed by atoms with Crippen molar-refractivity contribution in [1.82, 2.24) is 10.9 Å². The van der Waals surface area contributed by atoms with Crippen LogP contribution in [-0.4, -0.2) is 22.6 Å². The quantitative estimate of drug-likeness (QED) is 0.433. The van der Waals surface area contributed by atoms with Gasteiger partial charge >= 0.3 is 0 Å². The Morgan fingerprint density at radius 2 is 1.29 bits per heavy atom. The molecule has 0 atom stereocenters. The Hall–Kier alpha value is -4.53. The fourth-order valence-corrected chi connectivity index (χ4v) is 2.64. The maximum absolute atomic E-state index is 12.3. The van der Waals surface area contributed by atoms with E-state index in [2.05, 4.69) is 16.2 Å². The predicted molar refractivity (Wildman–Crippen MR) is 114 cm³/mol. The zero-order valence-electron chi connectivity index (χ0n) is 16.4. The van der Waals surface area contributed by atoms with E-state index in [0.29, 0.717) is 11.3 Å². The number of nitro groups is 1. The van der Waals surface area contributed by atoms with Gasteiger partial charge in [0.25, 0.3) is 23.4 Å². The lowest BCUT2D eigenvalue weighted by Crippen LogP contribution is -2.41. The van der Waals surface area contributed by atoms with Gasteiger partial charge in [-0.25, -0.2) is 0 Å². The average molecular weight is 418 g/mol. The third kappa shape index (κ3) is 5.51. The molecule has 3 N–H and O–H groups in total. The molecule has 0 radical (unpaired) electrons. The lowest BCUT2D eigenvalue weighted by molar-refractivity contribution is -0.384. The Morgan fingerprint density at radius 1 is 0.742 bits per heavy atom. The maximum atomic E-state index is 12.3. The first-order chi connectivity index (χ1) is 14.8. The molecule has 0 spiro atoms. The van der Waals surface area contributed by atoms with Crippen molar-refractivity contribution in [1.29, 1.82) is 0 Å². The van der Waals surface area contributed by atoms with Crippen molar-refractivity contribution < 1.29 is 19.3 Å². The van der Waals surface area contributed by atoms with Crippen LogP contribution in [0.4, 0.5) is 11.4 Å². The number of hydrogen-bond acceptors (Lipinski definition) is 5. The molecule has 3 aromatic rings. The number of anilines is 1. The number of aryl methyl sites for hydroxylation is 1. The van der Waals surface area contributed by atoms with E-state index in [1.807, 2.05) is 6.92 Å². The smallest absolute Gasteiger partial charge is 0.269 e. The molecule has 0 fully saturated rings. The van der Waals surface area contributed by atoms with E-state index in [-0.39, 0.29) is 16.8 Å². The van der Waals surface area contributed by atoms with Crippen molar-refractivity contribution in [2.45, 2.75) is 6.92 Å². The second-order valence-electron chi connectivity index (χ2n) is 6.61. The van der Waals surface area contributed by atoms with E-state index in [4.69, 9.17) is 0 Å². The fourth-order valence-electron chi connectivity index (χ4n) is 2.64. The minimum Gasteiger partial charge on any atom is -0.322 e. The van der Waals surface area contributed by atoms with Gasteiger partial charge in [0.1, 0.15) is 0 Å². The molecule has 3 aromatic carbocycles. The zero-order valence-corrected chi connectivity index (χ0v) is 16.4. The first-order valence-electron chi connectivity index (χ1n) is 9.17. The molecule has 0 unspecified atom stereocenters. The van der Waals surface area contributed by atoms with Crippen molar-refractivity contribution in [2.75, 3.05) is 5.32 Å². The van der Waals surface area contributed by atoms with E-state index in [1.165, 1.54) is 36.4 Å². The Bertz CT molecular complexity index is 1140. The second kappa shape index (κ2) is 9.31. The van der Waals surface area contributed by atoms with Gasteiger partial charge in [0, 0.05) is 34.5 Å². The van der Waals surface area contributed by atoms with Gasteiger partial charge < -0.3 is 5.32 Å². The largest absolute Gasteiger partial charge is 0.322 e. The van der Waals surface area contributed by atoms with Gasteiger partial charge in [-0.05, 0) is 49.4 Å².